The van der Waals surface area contributed by atoms with Crippen LogP contribution in [-0.4, -0.2) is 4.57 Å². The molecule has 0 aliphatic carbocycles. The van der Waals surface area contributed by atoms with Crippen molar-refractivity contribution < 1.29 is 8.83 Å². The van der Waals surface area contributed by atoms with E-state index in [0.717, 1.165) is 66.6 Å². The Bertz CT molecular complexity index is 3110. The van der Waals surface area contributed by atoms with Gasteiger partial charge < -0.3 is 18.3 Å². The van der Waals surface area contributed by atoms with Gasteiger partial charge in [0, 0.05) is 61.1 Å². The van der Waals surface area contributed by atoms with E-state index in [1.807, 2.05) is 24.3 Å². The third-order valence-electron chi connectivity index (χ3n) is 10.1. The molecule has 11 aromatic rings. The first-order valence-corrected chi connectivity index (χ1v) is 16.9. The van der Waals surface area contributed by atoms with Gasteiger partial charge in [0.15, 0.2) is 0 Å². The molecule has 234 valence electrons. The summed E-state index contributed by atoms with van der Waals surface area (Å²) in [5, 5.41) is 9.40. The number of para-hydroxylation sites is 3. The highest BCUT2D eigenvalue weighted by Crippen LogP contribution is 2.42. The second kappa shape index (κ2) is 10.4. The Morgan fingerprint density at radius 2 is 0.900 bits per heavy atom. The van der Waals surface area contributed by atoms with Crippen molar-refractivity contribution in [3.63, 3.8) is 0 Å². The Morgan fingerprint density at radius 1 is 0.340 bits per heavy atom. The Balaban J connectivity index is 1.11. The summed E-state index contributed by atoms with van der Waals surface area (Å²) in [6.07, 6.45) is 0. The van der Waals surface area contributed by atoms with Crippen molar-refractivity contribution >= 4 is 93.5 Å². The van der Waals surface area contributed by atoms with Crippen molar-refractivity contribution in [2.75, 3.05) is 4.90 Å². The van der Waals surface area contributed by atoms with Crippen molar-refractivity contribution in [3.8, 4) is 5.69 Å². The number of rotatable bonds is 4. The molecule has 0 saturated heterocycles. The van der Waals surface area contributed by atoms with Gasteiger partial charge in [0.1, 0.15) is 22.3 Å². The van der Waals surface area contributed by atoms with Crippen molar-refractivity contribution in [2.24, 2.45) is 0 Å². The number of aromatic nitrogens is 1. The molecule has 0 N–H and O–H groups in total. The summed E-state index contributed by atoms with van der Waals surface area (Å²) in [7, 11) is 0. The van der Waals surface area contributed by atoms with Crippen LogP contribution in [0.5, 0.6) is 0 Å². The molecule has 0 aliphatic heterocycles. The molecule has 3 aromatic heterocycles. The predicted molar refractivity (Wildman–Crippen MR) is 208 cm³/mol. The number of benzene rings is 8. The lowest BCUT2D eigenvalue weighted by Crippen LogP contribution is -2.10. The largest absolute Gasteiger partial charge is 0.456 e. The fraction of sp³-hybridized carbons (Fsp3) is 0. The molecule has 4 nitrogen and oxygen atoms in total. The number of furan rings is 2. The maximum absolute atomic E-state index is 6.37. The van der Waals surface area contributed by atoms with Gasteiger partial charge in [-0.15, -0.1) is 0 Å². The third-order valence-corrected chi connectivity index (χ3v) is 10.1. The molecule has 0 unspecified atom stereocenters. The van der Waals surface area contributed by atoms with Crippen LogP contribution in [0.2, 0.25) is 0 Å². The number of anilines is 3. The van der Waals surface area contributed by atoms with Crippen LogP contribution in [0.1, 0.15) is 0 Å². The Labute approximate surface area is 286 Å². The fourth-order valence-corrected chi connectivity index (χ4v) is 7.84. The van der Waals surface area contributed by atoms with Crippen LogP contribution in [0.3, 0.4) is 0 Å². The topological polar surface area (TPSA) is 34.5 Å². The summed E-state index contributed by atoms with van der Waals surface area (Å²) in [4.78, 5) is 2.30. The SMILES string of the molecule is c1ccc2cc3c(cc2c1)c1ccccc1n3-c1ccc(N(c2ccc3c(c2)oc2ccccc23)c2ccc3oc4ccccc4c3c2)cc1. The van der Waals surface area contributed by atoms with Gasteiger partial charge in [-0.1, -0.05) is 78.9 Å². The van der Waals surface area contributed by atoms with Crippen molar-refractivity contribution in [1.29, 1.82) is 0 Å². The van der Waals surface area contributed by atoms with E-state index in [0.29, 0.717) is 0 Å². The van der Waals surface area contributed by atoms with Gasteiger partial charge in [-0.25, -0.2) is 0 Å². The van der Waals surface area contributed by atoms with E-state index >= 15 is 0 Å². The average Bonchev–Trinajstić information content (AvgIpc) is 3.83. The van der Waals surface area contributed by atoms with E-state index in [2.05, 4.69) is 155 Å². The normalized spacial score (nSPS) is 12.0. The van der Waals surface area contributed by atoms with Gasteiger partial charge in [-0.3, -0.25) is 0 Å². The maximum atomic E-state index is 6.37. The summed E-state index contributed by atoms with van der Waals surface area (Å²) in [5.41, 5.74) is 10.1. The first-order valence-electron chi connectivity index (χ1n) is 16.9. The molecule has 0 aliphatic rings. The van der Waals surface area contributed by atoms with E-state index in [1.165, 1.54) is 32.6 Å². The lowest BCUT2D eigenvalue weighted by atomic mass is 10.1. The molecule has 0 fully saturated rings. The second-order valence-electron chi connectivity index (χ2n) is 13.0. The fourth-order valence-electron chi connectivity index (χ4n) is 7.84. The average molecular weight is 641 g/mol. The van der Waals surface area contributed by atoms with Gasteiger partial charge in [-0.2, -0.15) is 0 Å². The monoisotopic (exact) mass is 640 g/mol. The molecule has 0 amide bonds. The predicted octanol–water partition coefficient (Wildman–Crippen LogP) is 13.2. The zero-order valence-corrected chi connectivity index (χ0v) is 26.9. The molecule has 0 bridgehead atoms. The summed E-state index contributed by atoms with van der Waals surface area (Å²) in [6.45, 7) is 0. The molecular weight excluding hydrogens is 613 g/mol. The van der Waals surface area contributed by atoms with Crippen LogP contribution >= 0.6 is 0 Å². The van der Waals surface area contributed by atoms with E-state index in [9.17, 15) is 0 Å². The van der Waals surface area contributed by atoms with Gasteiger partial charge in [0.2, 0.25) is 0 Å². The van der Waals surface area contributed by atoms with E-state index in [4.69, 9.17) is 8.83 Å². The van der Waals surface area contributed by atoms with Gasteiger partial charge in [-0.05, 0) is 95.7 Å². The molecule has 0 saturated carbocycles. The Hall–Kier alpha value is -6.78. The molecule has 0 spiro atoms. The lowest BCUT2D eigenvalue weighted by Gasteiger charge is -2.26. The van der Waals surface area contributed by atoms with Gasteiger partial charge in [0.05, 0.1) is 11.0 Å². The summed E-state index contributed by atoms with van der Waals surface area (Å²) >= 11 is 0. The van der Waals surface area contributed by atoms with Crippen molar-refractivity contribution in [3.05, 3.63) is 170 Å². The molecule has 0 radical (unpaired) electrons. The molecule has 11 rings (SSSR count). The molecule has 4 heteroatoms. The standard InChI is InChI=1S/C46H28N2O2/c1-2-10-30-26-42-39(25-29(30)9-1)35-11-3-6-14-41(35)48(42)32-19-17-31(18-20-32)47(33-22-24-45-40(27-33)37-13-5-8-16-44(37)49-45)34-21-23-38-36-12-4-7-15-43(36)50-46(38)28-34/h1-28H. The van der Waals surface area contributed by atoms with Crippen LogP contribution in [0.4, 0.5) is 17.1 Å². The molecule has 3 heterocycles. The smallest absolute Gasteiger partial charge is 0.137 e. The van der Waals surface area contributed by atoms with Gasteiger partial charge in [0.25, 0.3) is 0 Å². The molecule has 50 heavy (non-hydrogen) atoms. The highest BCUT2D eigenvalue weighted by Gasteiger charge is 2.19. The zero-order valence-electron chi connectivity index (χ0n) is 26.9. The summed E-state index contributed by atoms with van der Waals surface area (Å²) < 4.78 is 15.0. The minimum absolute atomic E-state index is 0.859. The van der Waals surface area contributed by atoms with Crippen LogP contribution in [0.25, 0.3) is 82.1 Å². The third kappa shape index (κ3) is 3.99. The number of hydrogen-bond acceptors (Lipinski definition) is 3. The van der Waals surface area contributed by atoms with Crippen LogP contribution in [0, 0.1) is 0 Å². The van der Waals surface area contributed by atoms with Crippen LogP contribution in [0.15, 0.2) is 179 Å². The number of nitrogens with zero attached hydrogens (tertiary/aromatic N) is 2. The Morgan fingerprint density at radius 3 is 1.70 bits per heavy atom. The molecule has 8 aromatic carbocycles. The quantitative estimate of drug-likeness (QED) is 0.192. The van der Waals surface area contributed by atoms with Crippen LogP contribution < -0.4 is 4.90 Å². The van der Waals surface area contributed by atoms with Crippen LogP contribution in [-0.2, 0) is 0 Å². The number of fused-ring (bicyclic) bond motifs is 10. The van der Waals surface area contributed by atoms with Gasteiger partial charge >= 0.3 is 0 Å². The van der Waals surface area contributed by atoms with E-state index < -0.39 is 0 Å². The van der Waals surface area contributed by atoms with Crippen molar-refractivity contribution in [2.45, 2.75) is 0 Å². The minimum Gasteiger partial charge on any atom is -0.456 e. The second-order valence-corrected chi connectivity index (χ2v) is 13.0. The molecule has 0 atom stereocenters. The van der Waals surface area contributed by atoms with E-state index in [1.54, 1.807) is 0 Å². The summed E-state index contributed by atoms with van der Waals surface area (Å²) in [6, 6.07) is 60.2. The molecular formula is C46H28N2O2. The number of hydrogen-bond donors (Lipinski definition) is 0. The lowest BCUT2D eigenvalue weighted by molar-refractivity contribution is 0.668. The first kappa shape index (κ1) is 27.2. The van der Waals surface area contributed by atoms with E-state index in [-0.39, 0.29) is 0 Å². The maximum Gasteiger partial charge on any atom is 0.137 e. The highest BCUT2D eigenvalue weighted by molar-refractivity contribution is 6.14. The minimum atomic E-state index is 0.859. The van der Waals surface area contributed by atoms with Crippen molar-refractivity contribution in [1.82, 2.24) is 4.57 Å². The Kier molecular flexibility index (Phi) is 5.63. The first-order chi connectivity index (χ1) is 24.8. The highest BCUT2D eigenvalue weighted by atomic mass is 16.3. The summed E-state index contributed by atoms with van der Waals surface area (Å²) in [5.74, 6) is 0. The zero-order chi connectivity index (χ0) is 32.8.